The van der Waals surface area contributed by atoms with E-state index in [0.29, 0.717) is 10.8 Å². The van der Waals surface area contributed by atoms with Crippen LogP contribution in [0.2, 0.25) is 0 Å². The highest BCUT2D eigenvalue weighted by atomic mass is 32.1. The number of aromatic nitrogens is 2. The van der Waals surface area contributed by atoms with Crippen molar-refractivity contribution in [1.29, 1.82) is 0 Å². The smallest absolute Gasteiger partial charge is 0.175 e. The number of benzene rings is 1. The van der Waals surface area contributed by atoms with E-state index in [-0.39, 0.29) is 5.82 Å². The first-order valence-corrected chi connectivity index (χ1v) is 6.22. The van der Waals surface area contributed by atoms with Gasteiger partial charge in [0.1, 0.15) is 5.82 Å². The number of anilines is 2. The van der Waals surface area contributed by atoms with E-state index in [2.05, 4.69) is 15.7 Å². The maximum Gasteiger partial charge on any atom is 0.175 e. The fraction of sp³-hybridized carbons (Fsp3) is 0.231. The highest BCUT2D eigenvalue weighted by Gasteiger charge is 2.10. The average Bonchev–Trinajstić information content (AvgIpc) is 2.56. The third-order valence-electron chi connectivity index (χ3n) is 2.83. The SMILES string of the molecule is Cc1nn(C)c(C)c1NC(=S)Nc1cccc(F)c1. The summed E-state index contributed by atoms with van der Waals surface area (Å²) < 4.78 is 14.8. The van der Waals surface area contributed by atoms with Crippen molar-refractivity contribution in [3.05, 3.63) is 41.5 Å². The van der Waals surface area contributed by atoms with Crippen LogP contribution in [0.1, 0.15) is 11.4 Å². The quantitative estimate of drug-likeness (QED) is 0.829. The van der Waals surface area contributed by atoms with Crippen LogP contribution in [-0.2, 0) is 7.05 Å². The van der Waals surface area contributed by atoms with Gasteiger partial charge in [-0.1, -0.05) is 6.07 Å². The fourth-order valence-electron chi connectivity index (χ4n) is 1.80. The molecule has 0 radical (unpaired) electrons. The third-order valence-corrected chi connectivity index (χ3v) is 3.03. The molecule has 0 fully saturated rings. The second-order valence-corrected chi connectivity index (χ2v) is 4.67. The van der Waals surface area contributed by atoms with E-state index in [9.17, 15) is 4.39 Å². The van der Waals surface area contributed by atoms with Crippen LogP contribution in [-0.4, -0.2) is 14.9 Å². The molecule has 0 aliphatic carbocycles. The van der Waals surface area contributed by atoms with Gasteiger partial charge in [-0.15, -0.1) is 0 Å². The number of hydrogen-bond acceptors (Lipinski definition) is 2. The molecule has 0 aliphatic rings. The first kappa shape index (κ1) is 13.5. The van der Waals surface area contributed by atoms with Crippen molar-refractivity contribution >= 4 is 28.7 Å². The summed E-state index contributed by atoms with van der Waals surface area (Å²) in [6, 6.07) is 6.15. The average molecular weight is 278 g/mol. The van der Waals surface area contributed by atoms with Crippen molar-refractivity contribution in [3.63, 3.8) is 0 Å². The van der Waals surface area contributed by atoms with E-state index in [1.165, 1.54) is 12.1 Å². The Bertz CT molecular complexity index is 621. The molecule has 0 unspecified atom stereocenters. The Balaban J connectivity index is 2.09. The largest absolute Gasteiger partial charge is 0.332 e. The van der Waals surface area contributed by atoms with Crippen LogP contribution in [0.5, 0.6) is 0 Å². The summed E-state index contributed by atoms with van der Waals surface area (Å²) in [6.45, 7) is 3.85. The van der Waals surface area contributed by atoms with E-state index in [1.54, 1.807) is 16.8 Å². The van der Waals surface area contributed by atoms with E-state index >= 15 is 0 Å². The van der Waals surface area contributed by atoms with Crippen molar-refractivity contribution in [3.8, 4) is 0 Å². The monoisotopic (exact) mass is 278 g/mol. The molecule has 100 valence electrons. The molecule has 2 rings (SSSR count). The molecule has 2 aromatic rings. The molecule has 2 N–H and O–H groups in total. The number of aryl methyl sites for hydroxylation is 2. The van der Waals surface area contributed by atoms with Gasteiger partial charge in [0.25, 0.3) is 0 Å². The molecule has 19 heavy (non-hydrogen) atoms. The number of nitrogens with one attached hydrogen (secondary N) is 2. The highest BCUT2D eigenvalue weighted by molar-refractivity contribution is 7.80. The predicted octanol–water partition coefficient (Wildman–Crippen LogP) is 2.98. The topological polar surface area (TPSA) is 41.9 Å². The van der Waals surface area contributed by atoms with Crippen LogP contribution in [0.3, 0.4) is 0 Å². The van der Waals surface area contributed by atoms with Gasteiger partial charge in [0.2, 0.25) is 0 Å². The number of nitrogens with zero attached hydrogens (tertiary/aromatic N) is 2. The Morgan fingerprint density at radius 2 is 2.05 bits per heavy atom. The number of hydrogen-bond donors (Lipinski definition) is 2. The zero-order chi connectivity index (χ0) is 14.0. The van der Waals surface area contributed by atoms with Crippen LogP contribution < -0.4 is 10.6 Å². The molecule has 1 aromatic carbocycles. The van der Waals surface area contributed by atoms with Gasteiger partial charge in [-0.05, 0) is 44.3 Å². The maximum atomic E-state index is 13.1. The van der Waals surface area contributed by atoms with Crippen molar-refractivity contribution in [1.82, 2.24) is 9.78 Å². The van der Waals surface area contributed by atoms with Gasteiger partial charge in [-0.3, -0.25) is 4.68 Å². The second kappa shape index (κ2) is 5.36. The summed E-state index contributed by atoms with van der Waals surface area (Å²) in [7, 11) is 1.87. The van der Waals surface area contributed by atoms with Crippen LogP contribution in [0.15, 0.2) is 24.3 Å². The van der Waals surface area contributed by atoms with Crippen LogP contribution >= 0.6 is 12.2 Å². The third kappa shape index (κ3) is 3.08. The van der Waals surface area contributed by atoms with Crippen molar-refractivity contribution in [2.75, 3.05) is 10.6 Å². The lowest BCUT2D eigenvalue weighted by atomic mass is 10.3. The standard InChI is InChI=1S/C13H15FN4S/c1-8-12(9(2)18(3)17-8)16-13(19)15-11-6-4-5-10(14)7-11/h4-7H,1-3H3,(H2,15,16,19). The van der Waals surface area contributed by atoms with Crippen LogP contribution in [0.25, 0.3) is 0 Å². The van der Waals surface area contributed by atoms with E-state index < -0.39 is 0 Å². The molecule has 0 saturated carbocycles. The van der Waals surface area contributed by atoms with Gasteiger partial charge < -0.3 is 10.6 Å². The van der Waals surface area contributed by atoms with Gasteiger partial charge in [-0.2, -0.15) is 5.10 Å². The normalized spacial score (nSPS) is 10.3. The molecular weight excluding hydrogens is 263 g/mol. The Morgan fingerprint density at radius 1 is 1.32 bits per heavy atom. The first-order chi connectivity index (χ1) is 8.97. The molecular formula is C13H15FN4S. The summed E-state index contributed by atoms with van der Waals surface area (Å²) in [6.07, 6.45) is 0. The fourth-order valence-corrected chi connectivity index (χ4v) is 2.02. The minimum Gasteiger partial charge on any atom is -0.332 e. The molecule has 0 aliphatic heterocycles. The second-order valence-electron chi connectivity index (χ2n) is 4.26. The van der Waals surface area contributed by atoms with E-state index in [0.717, 1.165) is 17.1 Å². The predicted molar refractivity (Wildman–Crippen MR) is 78.9 cm³/mol. The summed E-state index contributed by atoms with van der Waals surface area (Å²) >= 11 is 5.21. The number of halogens is 1. The lowest BCUT2D eigenvalue weighted by Gasteiger charge is -2.10. The Hall–Kier alpha value is -1.95. The van der Waals surface area contributed by atoms with E-state index in [1.807, 2.05) is 20.9 Å². The van der Waals surface area contributed by atoms with Crippen molar-refractivity contribution < 1.29 is 4.39 Å². The highest BCUT2D eigenvalue weighted by Crippen LogP contribution is 2.19. The zero-order valence-electron chi connectivity index (χ0n) is 11.0. The summed E-state index contributed by atoms with van der Waals surface area (Å²) in [5.41, 5.74) is 3.33. The van der Waals surface area contributed by atoms with Gasteiger partial charge in [0, 0.05) is 12.7 Å². The van der Waals surface area contributed by atoms with E-state index in [4.69, 9.17) is 12.2 Å². The Labute approximate surface area is 116 Å². The molecule has 6 heteroatoms. The Morgan fingerprint density at radius 3 is 2.63 bits per heavy atom. The lowest BCUT2D eigenvalue weighted by Crippen LogP contribution is -2.20. The summed E-state index contributed by atoms with van der Waals surface area (Å²) in [5.74, 6) is -0.304. The molecule has 0 spiro atoms. The van der Waals surface area contributed by atoms with Gasteiger partial charge in [-0.25, -0.2) is 4.39 Å². The molecule has 0 saturated heterocycles. The Kier molecular flexibility index (Phi) is 3.80. The van der Waals surface area contributed by atoms with Crippen molar-refractivity contribution in [2.24, 2.45) is 7.05 Å². The summed E-state index contributed by atoms with van der Waals surface area (Å²) in [4.78, 5) is 0. The molecule has 0 amide bonds. The molecule has 4 nitrogen and oxygen atoms in total. The number of rotatable bonds is 2. The van der Waals surface area contributed by atoms with Crippen LogP contribution in [0.4, 0.5) is 15.8 Å². The first-order valence-electron chi connectivity index (χ1n) is 5.81. The molecule has 1 aromatic heterocycles. The number of thiocarbonyl (C=S) groups is 1. The molecule has 0 bridgehead atoms. The van der Waals surface area contributed by atoms with Gasteiger partial charge >= 0.3 is 0 Å². The van der Waals surface area contributed by atoms with Gasteiger partial charge in [0.05, 0.1) is 17.1 Å². The minimum absolute atomic E-state index is 0.304. The molecule has 0 atom stereocenters. The lowest BCUT2D eigenvalue weighted by molar-refractivity contribution is 0.628. The summed E-state index contributed by atoms with van der Waals surface area (Å²) in [5, 5.41) is 10.7. The van der Waals surface area contributed by atoms with Crippen LogP contribution in [0, 0.1) is 19.7 Å². The van der Waals surface area contributed by atoms with Crippen molar-refractivity contribution in [2.45, 2.75) is 13.8 Å². The minimum atomic E-state index is -0.304. The zero-order valence-corrected chi connectivity index (χ0v) is 11.8. The molecule has 1 heterocycles. The maximum absolute atomic E-state index is 13.1. The van der Waals surface area contributed by atoms with Gasteiger partial charge in [0.15, 0.2) is 5.11 Å².